The van der Waals surface area contributed by atoms with Crippen LogP contribution in [0.2, 0.25) is 0 Å². The maximum absolute atomic E-state index is 12.3. The quantitative estimate of drug-likeness (QED) is 0.586. The zero-order valence-electron chi connectivity index (χ0n) is 16.3. The smallest absolute Gasteiger partial charge is 0.342 e. The van der Waals surface area contributed by atoms with E-state index in [4.69, 9.17) is 5.73 Å². The topological polar surface area (TPSA) is 137 Å². The summed E-state index contributed by atoms with van der Waals surface area (Å²) in [6.07, 6.45) is 5.77. The Morgan fingerprint density at radius 1 is 1.10 bits per heavy atom. The number of aromatic nitrogens is 1. The lowest BCUT2D eigenvalue weighted by molar-refractivity contribution is 0.0695. The molecule has 3 rings (SSSR count). The Balaban J connectivity index is 2.16. The lowest BCUT2D eigenvalue weighted by Crippen LogP contribution is -2.33. The first-order chi connectivity index (χ1) is 13.8. The Labute approximate surface area is 168 Å². The third-order valence-electron chi connectivity index (χ3n) is 5.58. The fraction of sp³-hybridized carbons (Fsp3) is 0.381. The number of nitrogens with zero attached hydrogens (tertiary/aromatic N) is 1. The molecule has 8 nitrogen and oxygen atoms in total. The highest BCUT2D eigenvalue weighted by molar-refractivity contribution is 6.07. The number of hydrogen-bond acceptors (Lipinski definition) is 5. The summed E-state index contributed by atoms with van der Waals surface area (Å²) in [5.41, 5.74) is 4.79. The van der Waals surface area contributed by atoms with Gasteiger partial charge in [0.1, 0.15) is 16.9 Å². The van der Waals surface area contributed by atoms with Crippen molar-refractivity contribution in [3.05, 3.63) is 51.3 Å². The first-order valence-corrected chi connectivity index (χ1v) is 9.62. The van der Waals surface area contributed by atoms with Crippen LogP contribution >= 0.6 is 0 Å². The highest BCUT2D eigenvalue weighted by Crippen LogP contribution is 2.33. The summed E-state index contributed by atoms with van der Waals surface area (Å²) in [5, 5.41) is 19.3. The molecule has 1 aromatic carbocycles. The molecule has 1 heterocycles. The average Bonchev–Trinajstić information content (AvgIpc) is 2.67. The summed E-state index contributed by atoms with van der Waals surface area (Å²) in [5.74, 6) is -3.26. The highest BCUT2D eigenvalue weighted by Gasteiger charge is 2.28. The number of carboxylic acids is 2. The van der Waals surface area contributed by atoms with Gasteiger partial charge in [-0.1, -0.05) is 43.5 Å². The molecule has 1 fully saturated rings. The number of H-pyrrole nitrogens is 1. The van der Waals surface area contributed by atoms with E-state index in [1.807, 2.05) is 19.2 Å². The second-order valence-electron chi connectivity index (χ2n) is 7.47. The molecule has 1 saturated carbocycles. The molecular formula is C21H25N3O5. The monoisotopic (exact) mass is 399 g/mol. The summed E-state index contributed by atoms with van der Waals surface area (Å²) in [6.45, 7) is 0.506. The minimum Gasteiger partial charge on any atom is -0.478 e. The van der Waals surface area contributed by atoms with Crippen LogP contribution in [-0.2, 0) is 6.54 Å². The predicted octanol–water partition coefficient (Wildman–Crippen LogP) is 2.79. The van der Waals surface area contributed by atoms with Gasteiger partial charge in [0.2, 0.25) is 0 Å². The molecule has 8 heteroatoms. The number of nitrogen functional groups attached to an aromatic ring is 1. The number of carboxylic acid groups (broad SMARTS) is 2. The van der Waals surface area contributed by atoms with Gasteiger partial charge in [-0.05, 0) is 31.0 Å². The van der Waals surface area contributed by atoms with Gasteiger partial charge in [0.05, 0.1) is 0 Å². The molecule has 1 aliphatic carbocycles. The van der Waals surface area contributed by atoms with Gasteiger partial charge < -0.3 is 20.9 Å². The minimum atomic E-state index is -1.50. The van der Waals surface area contributed by atoms with Crippen molar-refractivity contribution in [1.29, 1.82) is 0 Å². The van der Waals surface area contributed by atoms with Crippen molar-refractivity contribution in [3.8, 4) is 11.1 Å². The minimum absolute atomic E-state index is 0.154. The lowest BCUT2D eigenvalue weighted by Gasteiger charge is -2.31. The van der Waals surface area contributed by atoms with Gasteiger partial charge in [0.15, 0.2) is 0 Å². The molecular weight excluding hydrogens is 374 g/mol. The third-order valence-corrected chi connectivity index (χ3v) is 5.58. The van der Waals surface area contributed by atoms with Crippen LogP contribution in [0, 0.1) is 0 Å². The number of aromatic amines is 1. The van der Waals surface area contributed by atoms with Crippen molar-refractivity contribution in [3.63, 3.8) is 0 Å². The Hall–Kier alpha value is -3.13. The zero-order valence-corrected chi connectivity index (χ0v) is 16.3. The van der Waals surface area contributed by atoms with Crippen LogP contribution in [0.5, 0.6) is 0 Å². The van der Waals surface area contributed by atoms with Gasteiger partial charge in [-0.2, -0.15) is 0 Å². The number of nitrogens with one attached hydrogen (secondary N) is 1. The van der Waals surface area contributed by atoms with Crippen LogP contribution < -0.4 is 11.3 Å². The third kappa shape index (κ3) is 4.17. The van der Waals surface area contributed by atoms with Crippen LogP contribution in [0.15, 0.2) is 29.1 Å². The summed E-state index contributed by atoms with van der Waals surface area (Å²) < 4.78 is 0. The van der Waals surface area contributed by atoms with E-state index in [1.54, 1.807) is 12.1 Å². The van der Waals surface area contributed by atoms with Gasteiger partial charge in [0, 0.05) is 18.2 Å². The summed E-state index contributed by atoms with van der Waals surface area (Å²) in [4.78, 5) is 40.4. The molecule has 1 aliphatic rings. The molecule has 29 heavy (non-hydrogen) atoms. The highest BCUT2D eigenvalue weighted by atomic mass is 16.4. The van der Waals surface area contributed by atoms with Crippen molar-refractivity contribution in [2.24, 2.45) is 0 Å². The predicted molar refractivity (Wildman–Crippen MR) is 109 cm³/mol. The number of benzene rings is 1. The Morgan fingerprint density at radius 2 is 1.72 bits per heavy atom. The molecule has 0 aliphatic heterocycles. The van der Waals surface area contributed by atoms with Gasteiger partial charge in [0.25, 0.3) is 5.56 Å². The molecule has 0 radical (unpaired) electrons. The number of hydrogen-bond donors (Lipinski definition) is 4. The number of rotatable bonds is 6. The fourth-order valence-corrected chi connectivity index (χ4v) is 4.14. The first kappa shape index (κ1) is 20.6. The van der Waals surface area contributed by atoms with Gasteiger partial charge in [-0.3, -0.25) is 9.69 Å². The second kappa shape index (κ2) is 8.48. The molecule has 5 N–H and O–H groups in total. The van der Waals surface area contributed by atoms with Crippen molar-refractivity contribution in [2.45, 2.75) is 44.7 Å². The number of aromatic carboxylic acids is 2. The van der Waals surface area contributed by atoms with Crippen LogP contribution in [0.25, 0.3) is 11.1 Å². The molecule has 0 amide bonds. The number of pyridine rings is 1. The molecule has 0 saturated heterocycles. The largest absolute Gasteiger partial charge is 0.478 e. The molecule has 154 valence electrons. The Morgan fingerprint density at radius 3 is 2.34 bits per heavy atom. The van der Waals surface area contributed by atoms with E-state index >= 15 is 0 Å². The number of anilines is 1. The van der Waals surface area contributed by atoms with E-state index in [-0.39, 0.29) is 11.4 Å². The summed E-state index contributed by atoms with van der Waals surface area (Å²) in [7, 11) is 2.01. The average molecular weight is 399 g/mol. The fourth-order valence-electron chi connectivity index (χ4n) is 4.14. The Bertz CT molecular complexity index is 992. The lowest BCUT2D eigenvalue weighted by atomic mass is 9.90. The number of nitrogens with two attached hydrogens (primary N) is 1. The van der Waals surface area contributed by atoms with E-state index in [1.165, 1.54) is 19.3 Å². The van der Waals surface area contributed by atoms with E-state index < -0.39 is 28.6 Å². The van der Waals surface area contributed by atoms with E-state index in [2.05, 4.69) is 9.88 Å². The zero-order chi connectivity index (χ0) is 21.1. The van der Waals surface area contributed by atoms with E-state index in [0.29, 0.717) is 18.2 Å². The van der Waals surface area contributed by atoms with Crippen molar-refractivity contribution >= 4 is 17.8 Å². The maximum Gasteiger partial charge on any atom is 0.342 e. The molecule has 0 bridgehead atoms. The van der Waals surface area contributed by atoms with Gasteiger partial charge >= 0.3 is 11.9 Å². The van der Waals surface area contributed by atoms with Crippen LogP contribution in [-0.4, -0.2) is 45.1 Å². The van der Waals surface area contributed by atoms with E-state index in [0.717, 1.165) is 18.4 Å². The Kier molecular flexibility index (Phi) is 6.03. The van der Waals surface area contributed by atoms with Crippen LogP contribution in [0.3, 0.4) is 0 Å². The maximum atomic E-state index is 12.3. The first-order valence-electron chi connectivity index (χ1n) is 9.62. The summed E-state index contributed by atoms with van der Waals surface area (Å²) in [6, 6.07) is 7.37. The molecule has 0 atom stereocenters. The van der Waals surface area contributed by atoms with Crippen molar-refractivity contribution in [2.75, 3.05) is 12.8 Å². The van der Waals surface area contributed by atoms with E-state index in [9.17, 15) is 24.6 Å². The van der Waals surface area contributed by atoms with Crippen molar-refractivity contribution in [1.82, 2.24) is 9.88 Å². The molecule has 0 unspecified atom stereocenters. The molecule has 0 spiro atoms. The van der Waals surface area contributed by atoms with Crippen molar-refractivity contribution < 1.29 is 19.8 Å². The van der Waals surface area contributed by atoms with Crippen LogP contribution in [0.1, 0.15) is 58.4 Å². The standard InChI is InChI=1S/C21H25N3O5/c1-24(13-8-3-2-4-9-13)11-12-7-5-6-10-14(12)15-16(20(26)27)18(22)23-19(25)17(15)21(28)29/h5-7,10,13H,2-4,8-9,11H2,1H3,(H,26,27)(H,28,29)(H3,22,23,25). The molecule has 2 aromatic rings. The second-order valence-corrected chi connectivity index (χ2v) is 7.47. The van der Waals surface area contributed by atoms with Crippen LogP contribution in [0.4, 0.5) is 5.82 Å². The van der Waals surface area contributed by atoms with Gasteiger partial charge in [-0.15, -0.1) is 0 Å². The summed E-state index contributed by atoms with van der Waals surface area (Å²) >= 11 is 0. The number of carbonyl (C=O) groups is 2. The normalized spacial score (nSPS) is 14.8. The van der Waals surface area contributed by atoms with Gasteiger partial charge in [-0.25, -0.2) is 9.59 Å². The molecule has 1 aromatic heterocycles. The SMILES string of the molecule is CN(Cc1ccccc1-c1c(C(=O)O)c(N)[nH]c(=O)c1C(=O)O)C1CCCCC1.